The minimum absolute atomic E-state index is 0.324. The van der Waals surface area contributed by atoms with Crippen LogP contribution in [0.3, 0.4) is 0 Å². The van der Waals surface area contributed by atoms with Crippen molar-refractivity contribution in [3.05, 3.63) is 0 Å². The second-order valence-corrected chi connectivity index (χ2v) is 3.07. The number of amides is 1. The summed E-state index contributed by atoms with van der Waals surface area (Å²) in [7, 11) is 3.75. The summed E-state index contributed by atoms with van der Waals surface area (Å²) in [6.07, 6.45) is 1.81. The highest BCUT2D eigenvalue weighted by Gasteiger charge is 2.25. The van der Waals surface area contributed by atoms with Gasteiger partial charge in [-0.05, 0) is 34.4 Å². The fraction of sp³-hybridized carbons (Fsp3) is 0.889. The summed E-state index contributed by atoms with van der Waals surface area (Å²) in [5.41, 5.74) is 0. The van der Waals surface area contributed by atoms with Gasteiger partial charge in [0.05, 0.1) is 0 Å². The Morgan fingerprint density at radius 3 is 2.25 bits per heavy atom. The Hall–Kier alpha value is -0.570. The second kappa shape index (κ2) is 6.00. The van der Waals surface area contributed by atoms with E-state index in [0.717, 1.165) is 19.4 Å². The molecule has 1 rings (SSSR count). The molecule has 0 spiro atoms. The predicted octanol–water partition coefficient (Wildman–Crippen LogP) is 0.853. The molecule has 0 aromatic heterocycles. The average Bonchev–Trinajstić information content (AvgIpc) is 2.33. The van der Waals surface area contributed by atoms with Gasteiger partial charge in [-0.1, -0.05) is 0 Å². The van der Waals surface area contributed by atoms with Gasteiger partial charge in [0.2, 0.25) is 5.91 Å². The van der Waals surface area contributed by atoms with Crippen molar-refractivity contribution >= 4 is 5.91 Å². The maximum Gasteiger partial charge on any atom is 0.222 e. The van der Waals surface area contributed by atoms with Crippen molar-refractivity contribution in [2.75, 3.05) is 20.6 Å². The molecule has 1 fully saturated rings. The minimum Gasteiger partial charge on any atom is -0.340 e. The number of carbonyl (C=O) groups is 1. The first-order valence-electron chi connectivity index (χ1n) is 4.55. The van der Waals surface area contributed by atoms with Gasteiger partial charge in [0, 0.05) is 19.0 Å². The molecule has 0 aromatic carbocycles. The molecular weight excluding hydrogens is 152 g/mol. The van der Waals surface area contributed by atoms with Crippen LogP contribution in [0.15, 0.2) is 0 Å². The first-order chi connectivity index (χ1) is 5.67. The van der Waals surface area contributed by atoms with Crippen LogP contribution in [0.25, 0.3) is 0 Å². The molecule has 1 saturated heterocycles. The van der Waals surface area contributed by atoms with Crippen LogP contribution in [-0.2, 0) is 4.79 Å². The quantitative estimate of drug-likeness (QED) is 0.636. The molecule has 1 N–H and O–H groups in total. The molecule has 0 saturated carbocycles. The van der Waals surface area contributed by atoms with E-state index in [0.29, 0.717) is 11.9 Å². The molecule has 0 aromatic rings. The Labute approximate surface area is 75.1 Å². The van der Waals surface area contributed by atoms with Crippen LogP contribution in [0, 0.1) is 0 Å². The SMILES string of the molecule is CCN1C(=O)CCC1C.CNC. The first kappa shape index (κ1) is 11.4. The van der Waals surface area contributed by atoms with Crippen molar-refractivity contribution < 1.29 is 4.79 Å². The summed E-state index contributed by atoms with van der Waals surface area (Å²) in [6.45, 7) is 5.01. The lowest BCUT2D eigenvalue weighted by Crippen LogP contribution is -2.30. The van der Waals surface area contributed by atoms with E-state index in [1.54, 1.807) is 0 Å². The van der Waals surface area contributed by atoms with Crippen molar-refractivity contribution in [3.63, 3.8) is 0 Å². The van der Waals surface area contributed by atoms with E-state index in [2.05, 4.69) is 12.2 Å². The van der Waals surface area contributed by atoms with E-state index in [9.17, 15) is 4.79 Å². The molecule has 72 valence electrons. The minimum atomic E-state index is 0.324. The molecule has 12 heavy (non-hydrogen) atoms. The molecule has 1 atom stereocenters. The Morgan fingerprint density at radius 1 is 1.58 bits per heavy atom. The Kier molecular flexibility index (Phi) is 5.72. The smallest absolute Gasteiger partial charge is 0.222 e. The Balaban J connectivity index is 0.000000354. The maximum absolute atomic E-state index is 10.9. The van der Waals surface area contributed by atoms with E-state index < -0.39 is 0 Å². The molecule has 0 aliphatic carbocycles. The number of carbonyl (C=O) groups excluding carboxylic acids is 1. The highest BCUT2D eigenvalue weighted by molar-refractivity contribution is 5.78. The van der Waals surface area contributed by atoms with Crippen molar-refractivity contribution in [2.24, 2.45) is 0 Å². The molecule has 3 nitrogen and oxygen atoms in total. The number of likely N-dealkylation sites (tertiary alicyclic amines) is 1. The average molecular weight is 172 g/mol. The van der Waals surface area contributed by atoms with Crippen molar-refractivity contribution in [2.45, 2.75) is 32.7 Å². The van der Waals surface area contributed by atoms with Crippen LogP contribution in [0.4, 0.5) is 0 Å². The number of nitrogens with one attached hydrogen (secondary N) is 1. The number of hydrogen-bond donors (Lipinski definition) is 1. The number of rotatable bonds is 1. The van der Waals surface area contributed by atoms with Gasteiger partial charge in [-0.15, -0.1) is 0 Å². The summed E-state index contributed by atoms with van der Waals surface area (Å²) >= 11 is 0. The van der Waals surface area contributed by atoms with Gasteiger partial charge >= 0.3 is 0 Å². The lowest BCUT2D eigenvalue weighted by molar-refractivity contribution is -0.128. The summed E-state index contributed by atoms with van der Waals surface area (Å²) < 4.78 is 0. The fourth-order valence-electron chi connectivity index (χ4n) is 1.37. The summed E-state index contributed by atoms with van der Waals surface area (Å²) in [4.78, 5) is 12.9. The zero-order chi connectivity index (χ0) is 9.56. The second-order valence-electron chi connectivity index (χ2n) is 3.07. The topological polar surface area (TPSA) is 32.3 Å². The van der Waals surface area contributed by atoms with Gasteiger partial charge in [0.1, 0.15) is 0 Å². The van der Waals surface area contributed by atoms with Gasteiger partial charge in [-0.25, -0.2) is 0 Å². The number of hydrogen-bond acceptors (Lipinski definition) is 2. The van der Waals surface area contributed by atoms with Crippen molar-refractivity contribution in [3.8, 4) is 0 Å². The summed E-state index contributed by atoms with van der Waals surface area (Å²) in [5.74, 6) is 0.324. The molecule has 1 aliphatic rings. The molecule has 1 unspecified atom stereocenters. The van der Waals surface area contributed by atoms with Gasteiger partial charge in [-0.2, -0.15) is 0 Å². The third-order valence-corrected chi connectivity index (χ3v) is 1.97. The van der Waals surface area contributed by atoms with Gasteiger partial charge in [0.25, 0.3) is 0 Å². The molecule has 1 heterocycles. The van der Waals surface area contributed by atoms with E-state index >= 15 is 0 Å². The molecule has 1 amide bonds. The number of nitrogens with zero attached hydrogens (tertiary/aromatic N) is 1. The molecule has 0 bridgehead atoms. The van der Waals surface area contributed by atoms with Crippen LogP contribution in [0.1, 0.15) is 26.7 Å². The fourth-order valence-corrected chi connectivity index (χ4v) is 1.37. The lowest BCUT2D eigenvalue weighted by atomic mass is 10.2. The van der Waals surface area contributed by atoms with Gasteiger partial charge in [-0.3, -0.25) is 4.79 Å². The highest BCUT2D eigenvalue weighted by atomic mass is 16.2. The molecule has 1 aliphatic heterocycles. The highest BCUT2D eigenvalue weighted by Crippen LogP contribution is 2.16. The zero-order valence-corrected chi connectivity index (χ0v) is 8.55. The first-order valence-corrected chi connectivity index (χ1v) is 4.55. The Bertz CT molecular complexity index is 136. The maximum atomic E-state index is 10.9. The lowest BCUT2D eigenvalue weighted by Gasteiger charge is -2.18. The van der Waals surface area contributed by atoms with E-state index in [1.807, 2.05) is 25.9 Å². The van der Waals surface area contributed by atoms with Crippen LogP contribution in [-0.4, -0.2) is 37.5 Å². The molecule has 0 radical (unpaired) electrons. The van der Waals surface area contributed by atoms with Crippen LogP contribution < -0.4 is 5.32 Å². The zero-order valence-electron chi connectivity index (χ0n) is 8.55. The van der Waals surface area contributed by atoms with Crippen molar-refractivity contribution in [1.29, 1.82) is 0 Å². The van der Waals surface area contributed by atoms with E-state index in [1.165, 1.54) is 0 Å². The van der Waals surface area contributed by atoms with Crippen LogP contribution in [0.2, 0.25) is 0 Å². The molecular formula is C9H20N2O. The normalized spacial score (nSPS) is 22.2. The largest absolute Gasteiger partial charge is 0.340 e. The third kappa shape index (κ3) is 3.22. The monoisotopic (exact) mass is 172 g/mol. The Morgan fingerprint density at radius 2 is 2.08 bits per heavy atom. The van der Waals surface area contributed by atoms with E-state index in [4.69, 9.17) is 0 Å². The summed E-state index contributed by atoms with van der Waals surface area (Å²) in [5, 5.41) is 2.75. The van der Waals surface area contributed by atoms with Crippen LogP contribution in [0.5, 0.6) is 0 Å². The predicted molar refractivity (Wildman–Crippen MR) is 51.1 cm³/mol. The van der Waals surface area contributed by atoms with Crippen LogP contribution >= 0.6 is 0 Å². The summed E-state index contributed by atoms with van der Waals surface area (Å²) in [6, 6.07) is 0.488. The third-order valence-electron chi connectivity index (χ3n) is 1.97. The van der Waals surface area contributed by atoms with Crippen molar-refractivity contribution in [1.82, 2.24) is 10.2 Å². The van der Waals surface area contributed by atoms with Gasteiger partial charge in [0.15, 0.2) is 0 Å². The van der Waals surface area contributed by atoms with Gasteiger partial charge < -0.3 is 10.2 Å². The standard InChI is InChI=1S/C7H13NO.C2H7N/c1-3-8-6(2)4-5-7(8)9;1-3-2/h6H,3-5H2,1-2H3;3H,1-2H3. The van der Waals surface area contributed by atoms with E-state index in [-0.39, 0.29) is 0 Å². The molecule has 3 heteroatoms.